The Labute approximate surface area is 134 Å². The van der Waals surface area contributed by atoms with Crippen molar-refractivity contribution >= 4 is 70.5 Å². The lowest BCUT2D eigenvalue weighted by Gasteiger charge is -2.15. The standard InChI is InChI=1S/C11H10Br3NS2/c1-2-15-10(6-4-16-5-8(6)13)9-3-7(12)11(14)17-9/h3-5,10,15H,2H2,1H3. The molecule has 0 aliphatic carbocycles. The Morgan fingerprint density at radius 1 is 1.24 bits per heavy atom. The van der Waals surface area contributed by atoms with Crippen LogP contribution in [0.25, 0.3) is 0 Å². The monoisotopic (exact) mass is 457 g/mol. The summed E-state index contributed by atoms with van der Waals surface area (Å²) in [5, 5.41) is 7.84. The van der Waals surface area contributed by atoms with Gasteiger partial charge in [-0.3, -0.25) is 0 Å². The first-order chi connectivity index (χ1) is 8.13. The average Bonchev–Trinajstić information content (AvgIpc) is 2.83. The molecule has 0 aromatic carbocycles. The fourth-order valence-corrected chi connectivity index (χ4v) is 5.31. The van der Waals surface area contributed by atoms with Crippen molar-refractivity contribution in [1.29, 1.82) is 0 Å². The van der Waals surface area contributed by atoms with E-state index in [9.17, 15) is 0 Å². The molecule has 92 valence electrons. The van der Waals surface area contributed by atoms with E-state index in [-0.39, 0.29) is 6.04 Å². The van der Waals surface area contributed by atoms with E-state index in [1.165, 1.54) is 14.9 Å². The van der Waals surface area contributed by atoms with Crippen molar-refractivity contribution in [2.45, 2.75) is 13.0 Å². The highest BCUT2D eigenvalue weighted by molar-refractivity contribution is 9.13. The normalized spacial score (nSPS) is 12.9. The van der Waals surface area contributed by atoms with Gasteiger partial charge in [0, 0.05) is 19.2 Å². The second-order valence-corrected chi connectivity index (χ2v) is 8.29. The number of thiophene rings is 2. The fraction of sp³-hybridized carbons (Fsp3) is 0.273. The molecule has 0 aliphatic rings. The van der Waals surface area contributed by atoms with Gasteiger partial charge in [-0.15, -0.1) is 11.3 Å². The smallest absolute Gasteiger partial charge is 0.0843 e. The number of hydrogen-bond acceptors (Lipinski definition) is 3. The molecule has 2 aromatic heterocycles. The van der Waals surface area contributed by atoms with Gasteiger partial charge in [0.25, 0.3) is 0 Å². The number of hydrogen-bond donors (Lipinski definition) is 1. The van der Waals surface area contributed by atoms with E-state index >= 15 is 0 Å². The summed E-state index contributed by atoms with van der Waals surface area (Å²) in [6.45, 7) is 3.07. The molecule has 1 atom stereocenters. The summed E-state index contributed by atoms with van der Waals surface area (Å²) in [6, 6.07) is 2.43. The van der Waals surface area contributed by atoms with E-state index in [0.717, 1.165) is 14.8 Å². The first-order valence-electron chi connectivity index (χ1n) is 5.03. The van der Waals surface area contributed by atoms with Crippen molar-refractivity contribution in [3.8, 4) is 0 Å². The van der Waals surface area contributed by atoms with Crippen LogP contribution in [0, 0.1) is 0 Å². The molecular weight excluding hydrogens is 450 g/mol. The van der Waals surface area contributed by atoms with Crippen molar-refractivity contribution < 1.29 is 0 Å². The fourth-order valence-electron chi connectivity index (χ4n) is 1.57. The van der Waals surface area contributed by atoms with Crippen molar-refractivity contribution in [3.63, 3.8) is 0 Å². The van der Waals surface area contributed by atoms with Crippen LogP contribution >= 0.6 is 70.5 Å². The van der Waals surface area contributed by atoms with Crippen LogP contribution in [-0.4, -0.2) is 6.54 Å². The lowest BCUT2D eigenvalue weighted by Crippen LogP contribution is -2.20. The summed E-state index contributed by atoms with van der Waals surface area (Å²) in [5.41, 5.74) is 1.30. The Bertz CT molecular complexity index is 487. The molecule has 0 bridgehead atoms. The van der Waals surface area contributed by atoms with Crippen LogP contribution in [0.4, 0.5) is 0 Å². The minimum atomic E-state index is 0.258. The Morgan fingerprint density at radius 3 is 2.47 bits per heavy atom. The van der Waals surface area contributed by atoms with Gasteiger partial charge in [0.1, 0.15) is 0 Å². The molecule has 1 unspecified atom stereocenters. The number of rotatable bonds is 4. The maximum Gasteiger partial charge on any atom is 0.0843 e. The highest BCUT2D eigenvalue weighted by atomic mass is 79.9. The van der Waals surface area contributed by atoms with Crippen LogP contribution < -0.4 is 5.32 Å². The third kappa shape index (κ3) is 3.22. The van der Waals surface area contributed by atoms with Crippen molar-refractivity contribution in [2.24, 2.45) is 0 Å². The molecule has 1 N–H and O–H groups in total. The summed E-state index contributed by atoms with van der Waals surface area (Å²) >= 11 is 14.2. The molecule has 0 saturated heterocycles. The van der Waals surface area contributed by atoms with Crippen LogP contribution in [0.15, 0.2) is 29.6 Å². The van der Waals surface area contributed by atoms with Gasteiger partial charge in [0.15, 0.2) is 0 Å². The summed E-state index contributed by atoms with van der Waals surface area (Å²) in [5.74, 6) is 0. The molecule has 0 aliphatic heterocycles. The molecule has 2 aromatic rings. The zero-order chi connectivity index (χ0) is 12.4. The van der Waals surface area contributed by atoms with Gasteiger partial charge in [-0.25, -0.2) is 0 Å². The topological polar surface area (TPSA) is 12.0 Å². The van der Waals surface area contributed by atoms with E-state index in [1.54, 1.807) is 22.7 Å². The molecule has 0 spiro atoms. The lowest BCUT2D eigenvalue weighted by atomic mass is 10.1. The first-order valence-corrected chi connectivity index (χ1v) is 9.17. The summed E-state index contributed by atoms with van der Waals surface area (Å²) in [4.78, 5) is 1.31. The highest BCUT2D eigenvalue weighted by Gasteiger charge is 2.19. The second-order valence-electron chi connectivity index (χ2n) is 3.44. The van der Waals surface area contributed by atoms with Crippen LogP contribution in [0.5, 0.6) is 0 Å². The van der Waals surface area contributed by atoms with E-state index in [1.807, 2.05) is 0 Å². The first kappa shape index (κ1) is 14.2. The molecule has 0 saturated carbocycles. The van der Waals surface area contributed by atoms with Crippen molar-refractivity contribution in [2.75, 3.05) is 6.54 Å². The SMILES string of the molecule is CCNC(c1cc(Br)c(Br)s1)c1cscc1Br. The van der Waals surface area contributed by atoms with Crippen LogP contribution in [0.3, 0.4) is 0 Å². The molecule has 1 nitrogen and oxygen atoms in total. The Hall–Kier alpha value is 0.800. The number of nitrogens with one attached hydrogen (secondary N) is 1. The van der Waals surface area contributed by atoms with Gasteiger partial charge in [-0.05, 0) is 71.3 Å². The van der Waals surface area contributed by atoms with Crippen LogP contribution in [0.1, 0.15) is 23.4 Å². The largest absolute Gasteiger partial charge is 0.306 e. The maximum atomic E-state index is 3.61. The Morgan fingerprint density at radius 2 is 2.00 bits per heavy atom. The molecular formula is C11H10Br3NS2. The second kappa shape index (κ2) is 6.30. The van der Waals surface area contributed by atoms with Crippen LogP contribution in [-0.2, 0) is 0 Å². The minimum absolute atomic E-state index is 0.258. The van der Waals surface area contributed by atoms with Gasteiger partial charge < -0.3 is 5.32 Å². The van der Waals surface area contributed by atoms with Gasteiger partial charge in [0.05, 0.1) is 9.83 Å². The van der Waals surface area contributed by atoms with Gasteiger partial charge in [0.2, 0.25) is 0 Å². The van der Waals surface area contributed by atoms with Crippen LogP contribution in [0.2, 0.25) is 0 Å². The van der Waals surface area contributed by atoms with Crippen molar-refractivity contribution in [1.82, 2.24) is 5.32 Å². The maximum absolute atomic E-state index is 3.61. The van der Waals surface area contributed by atoms with E-state index in [4.69, 9.17) is 0 Å². The predicted molar refractivity (Wildman–Crippen MR) is 87.3 cm³/mol. The molecule has 2 rings (SSSR count). The quantitative estimate of drug-likeness (QED) is 0.609. The number of halogens is 3. The Balaban J connectivity index is 2.39. The Kier molecular flexibility index (Phi) is 5.27. The summed E-state index contributed by atoms with van der Waals surface area (Å²) in [6.07, 6.45) is 0. The van der Waals surface area contributed by atoms with E-state index in [0.29, 0.717) is 0 Å². The summed E-state index contributed by atoms with van der Waals surface area (Å²) < 4.78 is 3.43. The zero-order valence-electron chi connectivity index (χ0n) is 8.97. The third-order valence-electron chi connectivity index (χ3n) is 2.31. The molecule has 6 heteroatoms. The van der Waals surface area contributed by atoms with Gasteiger partial charge >= 0.3 is 0 Å². The molecule has 2 heterocycles. The van der Waals surface area contributed by atoms with Crippen molar-refractivity contribution in [3.05, 3.63) is 40.0 Å². The zero-order valence-corrected chi connectivity index (χ0v) is 15.4. The minimum Gasteiger partial charge on any atom is -0.306 e. The summed E-state index contributed by atoms with van der Waals surface area (Å²) in [7, 11) is 0. The molecule has 0 radical (unpaired) electrons. The third-order valence-corrected chi connectivity index (χ3v) is 7.38. The molecule has 17 heavy (non-hydrogen) atoms. The average molecular weight is 460 g/mol. The van der Waals surface area contributed by atoms with E-state index < -0.39 is 0 Å². The lowest BCUT2D eigenvalue weighted by molar-refractivity contribution is 0.639. The van der Waals surface area contributed by atoms with Gasteiger partial charge in [-0.1, -0.05) is 6.92 Å². The highest BCUT2D eigenvalue weighted by Crippen LogP contribution is 2.40. The predicted octanol–water partition coefficient (Wildman–Crippen LogP) is 5.80. The van der Waals surface area contributed by atoms with E-state index in [2.05, 4.69) is 76.9 Å². The van der Waals surface area contributed by atoms with Gasteiger partial charge in [-0.2, -0.15) is 11.3 Å². The molecule has 0 fully saturated rings. The molecule has 0 amide bonds.